The van der Waals surface area contributed by atoms with Crippen LogP contribution in [-0.4, -0.2) is 50.8 Å². The largest absolute Gasteiger partial charge is 0.493 e. The molecular weight excluding hydrogens is 406 g/mol. The first-order valence-corrected chi connectivity index (χ1v) is 11.0. The molecule has 32 heavy (non-hydrogen) atoms. The van der Waals surface area contributed by atoms with Gasteiger partial charge in [0.15, 0.2) is 23.1 Å². The minimum absolute atomic E-state index is 0.0996. The Hall–Kier alpha value is -3.42. The molecule has 1 fully saturated rings. The van der Waals surface area contributed by atoms with Crippen molar-refractivity contribution in [3.63, 3.8) is 0 Å². The number of aromatic nitrogens is 4. The average molecular weight is 434 g/mol. The molecule has 1 aliphatic heterocycles. The lowest BCUT2D eigenvalue weighted by molar-refractivity contribution is -0.137. The van der Waals surface area contributed by atoms with Crippen molar-refractivity contribution in [1.82, 2.24) is 24.6 Å². The van der Waals surface area contributed by atoms with Crippen LogP contribution < -0.4 is 9.47 Å². The topological polar surface area (TPSA) is 82.4 Å². The van der Waals surface area contributed by atoms with Gasteiger partial charge in [-0.3, -0.25) is 9.78 Å². The van der Waals surface area contributed by atoms with Gasteiger partial charge in [0.1, 0.15) is 0 Å². The van der Waals surface area contributed by atoms with Gasteiger partial charge in [0, 0.05) is 17.5 Å². The van der Waals surface area contributed by atoms with Crippen LogP contribution >= 0.6 is 0 Å². The molecule has 1 amide bonds. The van der Waals surface area contributed by atoms with Gasteiger partial charge in [0.2, 0.25) is 5.91 Å². The summed E-state index contributed by atoms with van der Waals surface area (Å²) in [6, 6.07) is 11.8. The summed E-state index contributed by atoms with van der Waals surface area (Å²) in [6.45, 7) is 0.465. The Morgan fingerprint density at radius 1 is 1.03 bits per heavy atom. The van der Waals surface area contributed by atoms with Gasteiger partial charge in [-0.05, 0) is 43.2 Å². The number of carbonyl (C=O) groups is 1. The van der Waals surface area contributed by atoms with E-state index in [2.05, 4.69) is 19.7 Å². The fraction of sp³-hybridized carbons (Fsp3) is 0.417. The molecule has 3 heterocycles. The molecule has 0 unspecified atom stereocenters. The number of nitrogens with zero attached hydrogens (tertiary/aromatic N) is 5. The summed E-state index contributed by atoms with van der Waals surface area (Å²) in [5, 5.41) is 9.03. The summed E-state index contributed by atoms with van der Waals surface area (Å²) in [4.78, 5) is 19.6. The van der Waals surface area contributed by atoms with Gasteiger partial charge < -0.3 is 18.9 Å². The highest BCUT2D eigenvalue weighted by Crippen LogP contribution is 2.41. The maximum absolute atomic E-state index is 13.3. The highest BCUT2D eigenvalue weighted by atomic mass is 16.5. The van der Waals surface area contributed by atoms with Crippen LogP contribution in [0.1, 0.15) is 43.2 Å². The quantitative estimate of drug-likeness (QED) is 0.613. The molecular formula is C24H27N5O3. The van der Waals surface area contributed by atoms with Crippen molar-refractivity contribution in [2.45, 2.75) is 50.7 Å². The van der Waals surface area contributed by atoms with Crippen molar-refractivity contribution < 1.29 is 14.3 Å². The number of pyridine rings is 1. The highest BCUT2D eigenvalue weighted by molar-refractivity contribution is 5.79. The molecule has 3 aromatic rings. The van der Waals surface area contributed by atoms with E-state index in [1.807, 2.05) is 41.3 Å². The van der Waals surface area contributed by atoms with Crippen molar-refractivity contribution in [2.24, 2.45) is 0 Å². The molecule has 0 spiro atoms. The van der Waals surface area contributed by atoms with E-state index >= 15 is 0 Å². The predicted octanol–water partition coefficient (Wildman–Crippen LogP) is 3.43. The predicted molar refractivity (Wildman–Crippen MR) is 118 cm³/mol. The standard InChI is InChI=1S/C24H27N5O3/c1-31-20-11-10-16(13-21(20)32-2)24-27-26-22-15-28(18-8-3-4-9-19(18)29(22)24)23(30)14-17-7-5-6-12-25-17/h5-7,10-13,18-19H,3-4,8-9,14-15H2,1-2H3/t18-,19+/m1/s1. The fourth-order valence-corrected chi connectivity index (χ4v) is 5.01. The smallest absolute Gasteiger partial charge is 0.229 e. The number of hydrogen-bond donors (Lipinski definition) is 0. The van der Waals surface area contributed by atoms with E-state index in [9.17, 15) is 4.79 Å². The van der Waals surface area contributed by atoms with E-state index < -0.39 is 0 Å². The number of methoxy groups -OCH3 is 2. The number of hydrogen-bond acceptors (Lipinski definition) is 6. The normalized spacial score (nSPS) is 19.8. The Morgan fingerprint density at radius 3 is 2.59 bits per heavy atom. The first kappa shape index (κ1) is 20.5. The maximum Gasteiger partial charge on any atom is 0.229 e. The molecule has 0 saturated heterocycles. The number of rotatable bonds is 5. The van der Waals surface area contributed by atoms with E-state index in [1.54, 1.807) is 20.4 Å². The van der Waals surface area contributed by atoms with Crippen LogP contribution in [-0.2, 0) is 17.8 Å². The van der Waals surface area contributed by atoms with Gasteiger partial charge in [0.05, 0.1) is 39.3 Å². The second kappa shape index (κ2) is 8.61. The Labute approximate surface area is 187 Å². The third-order valence-electron chi connectivity index (χ3n) is 6.52. The lowest BCUT2D eigenvalue weighted by atomic mass is 9.86. The monoisotopic (exact) mass is 433 g/mol. The molecule has 5 rings (SSSR count). The van der Waals surface area contributed by atoms with Crippen LogP contribution in [0.2, 0.25) is 0 Å². The summed E-state index contributed by atoms with van der Waals surface area (Å²) in [5.41, 5.74) is 1.72. The molecule has 8 heteroatoms. The van der Waals surface area contributed by atoms with Crippen LogP contribution in [0.25, 0.3) is 11.4 Å². The van der Waals surface area contributed by atoms with Crippen LogP contribution in [0.5, 0.6) is 11.5 Å². The van der Waals surface area contributed by atoms with Crippen molar-refractivity contribution >= 4 is 5.91 Å². The molecule has 2 aromatic heterocycles. The number of benzene rings is 1. The lowest BCUT2D eigenvalue weighted by Crippen LogP contribution is -2.51. The minimum atomic E-state index is 0.0996. The van der Waals surface area contributed by atoms with Crippen molar-refractivity contribution in [3.05, 3.63) is 54.1 Å². The number of carbonyl (C=O) groups excluding carboxylic acids is 1. The second-order valence-electron chi connectivity index (χ2n) is 8.32. The highest BCUT2D eigenvalue weighted by Gasteiger charge is 2.41. The summed E-state index contributed by atoms with van der Waals surface area (Å²) in [6.07, 6.45) is 6.28. The first-order chi connectivity index (χ1) is 15.7. The molecule has 0 bridgehead atoms. The molecule has 1 saturated carbocycles. The molecule has 0 radical (unpaired) electrons. The maximum atomic E-state index is 13.3. The Balaban J connectivity index is 1.49. The van der Waals surface area contributed by atoms with Gasteiger partial charge in [-0.15, -0.1) is 10.2 Å². The molecule has 1 aliphatic carbocycles. The summed E-state index contributed by atoms with van der Waals surface area (Å²) < 4.78 is 13.1. The van der Waals surface area contributed by atoms with Crippen molar-refractivity contribution in [3.8, 4) is 22.9 Å². The SMILES string of the molecule is COc1ccc(-c2nnc3n2[C@H]2CCCC[C@H]2N(C(=O)Cc2ccccn2)C3)cc1OC. The van der Waals surface area contributed by atoms with Crippen LogP contribution in [0.3, 0.4) is 0 Å². The third-order valence-corrected chi connectivity index (χ3v) is 6.52. The van der Waals surface area contributed by atoms with Gasteiger partial charge >= 0.3 is 0 Å². The van der Waals surface area contributed by atoms with E-state index in [4.69, 9.17) is 9.47 Å². The molecule has 2 aliphatic rings. The van der Waals surface area contributed by atoms with Gasteiger partial charge in [-0.25, -0.2) is 0 Å². The van der Waals surface area contributed by atoms with E-state index in [0.717, 1.165) is 48.6 Å². The summed E-state index contributed by atoms with van der Waals surface area (Å²) in [5.74, 6) is 3.08. The number of amides is 1. The minimum Gasteiger partial charge on any atom is -0.493 e. The molecule has 0 N–H and O–H groups in total. The Morgan fingerprint density at radius 2 is 1.84 bits per heavy atom. The molecule has 2 atom stereocenters. The van der Waals surface area contributed by atoms with Crippen LogP contribution in [0.4, 0.5) is 0 Å². The number of ether oxygens (including phenoxy) is 2. The zero-order valence-electron chi connectivity index (χ0n) is 18.4. The molecule has 1 aromatic carbocycles. The van der Waals surface area contributed by atoms with E-state index in [-0.39, 0.29) is 18.0 Å². The summed E-state index contributed by atoms with van der Waals surface area (Å²) in [7, 11) is 3.25. The molecule has 166 valence electrons. The summed E-state index contributed by atoms with van der Waals surface area (Å²) >= 11 is 0. The zero-order valence-corrected chi connectivity index (χ0v) is 18.4. The van der Waals surface area contributed by atoms with E-state index in [0.29, 0.717) is 24.5 Å². The van der Waals surface area contributed by atoms with Crippen LogP contribution in [0, 0.1) is 0 Å². The Kier molecular flexibility index (Phi) is 5.51. The first-order valence-electron chi connectivity index (χ1n) is 11.0. The van der Waals surface area contributed by atoms with Crippen molar-refractivity contribution in [1.29, 1.82) is 0 Å². The van der Waals surface area contributed by atoms with Gasteiger partial charge in [-0.1, -0.05) is 18.9 Å². The van der Waals surface area contributed by atoms with E-state index in [1.165, 1.54) is 0 Å². The fourth-order valence-electron chi connectivity index (χ4n) is 5.01. The zero-order chi connectivity index (χ0) is 22.1. The number of fused-ring (bicyclic) bond motifs is 3. The average Bonchev–Trinajstić information content (AvgIpc) is 3.28. The van der Waals surface area contributed by atoms with Crippen LogP contribution in [0.15, 0.2) is 42.6 Å². The van der Waals surface area contributed by atoms with Gasteiger partial charge in [0.25, 0.3) is 0 Å². The third kappa shape index (κ3) is 3.59. The Bertz CT molecular complexity index is 1110. The lowest BCUT2D eigenvalue weighted by Gasteiger charge is -2.44. The molecule has 8 nitrogen and oxygen atoms in total. The van der Waals surface area contributed by atoms with Gasteiger partial charge in [-0.2, -0.15) is 0 Å². The van der Waals surface area contributed by atoms with Crippen molar-refractivity contribution in [2.75, 3.05) is 14.2 Å². The second-order valence-corrected chi connectivity index (χ2v) is 8.32.